The van der Waals surface area contributed by atoms with E-state index in [0.717, 1.165) is 34.5 Å². The largest absolute Gasteiger partial charge is 0.402 e. The molecule has 1 fully saturated rings. The van der Waals surface area contributed by atoms with E-state index in [1.165, 1.54) is 30.2 Å². The first kappa shape index (κ1) is 19.6. The molecule has 4 N–H and O–H groups in total. The number of nitrogens with two attached hydrogens (primary N) is 2. The molecule has 148 valence electrons. The van der Waals surface area contributed by atoms with Crippen LogP contribution in [-0.4, -0.2) is 10.8 Å². The summed E-state index contributed by atoms with van der Waals surface area (Å²) < 4.78 is 0. The lowest BCUT2D eigenvalue weighted by molar-refractivity contribution is -0.111. The molecule has 0 atom stereocenters. The first-order valence-corrected chi connectivity index (χ1v) is 10.6. The Morgan fingerprint density at radius 2 is 1.66 bits per heavy atom. The third-order valence-corrected chi connectivity index (χ3v) is 6.72. The van der Waals surface area contributed by atoms with Gasteiger partial charge in [-0.25, -0.2) is 4.98 Å². The van der Waals surface area contributed by atoms with Crippen LogP contribution in [0, 0.1) is 0 Å². The normalized spacial score (nSPS) is 16.1. The third kappa shape index (κ3) is 3.63. The fraction of sp³-hybridized carbons (Fsp3) is 0.250. The molecule has 0 aliphatic heterocycles. The molecule has 1 heterocycles. The maximum absolute atomic E-state index is 12.2. The van der Waals surface area contributed by atoms with Crippen LogP contribution in [0.25, 0.3) is 27.3 Å². The van der Waals surface area contributed by atoms with Crippen molar-refractivity contribution in [1.29, 1.82) is 0 Å². The topological polar surface area (TPSA) is 82.0 Å². The molecule has 4 nitrogen and oxygen atoms in total. The Kier molecular flexibility index (Phi) is 5.11. The standard InChI is InChI=1S/C24H25N3OS/c1-15(25)20(16(2)28)23-27-21(22(29-23)18-7-4-3-5-8-18)17-9-11-19(12-10-17)24(26)13-6-14-24/h3-5,7-12H,6,13-14,25-26H2,1-2H3. The quantitative estimate of drug-likeness (QED) is 0.581. The van der Waals surface area contributed by atoms with Gasteiger partial charge < -0.3 is 11.5 Å². The molecule has 0 amide bonds. The number of benzene rings is 2. The van der Waals surface area contributed by atoms with Crippen molar-refractivity contribution >= 4 is 22.7 Å². The van der Waals surface area contributed by atoms with Gasteiger partial charge in [0.2, 0.25) is 0 Å². The van der Waals surface area contributed by atoms with E-state index >= 15 is 0 Å². The van der Waals surface area contributed by atoms with Crippen LogP contribution >= 0.6 is 11.3 Å². The van der Waals surface area contributed by atoms with Crippen LogP contribution in [0.3, 0.4) is 0 Å². The number of hydrogen-bond acceptors (Lipinski definition) is 5. The predicted molar refractivity (Wildman–Crippen MR) is 120 cm³/mol. The van der Waals surface area contributed by atoms with E-state index in [1.807, 2.05) is 18.2 Å². The number of hydrogen-bond donors (Lipinski definition) is 2. The van der Waals surface area contributed by atoms with Crippen molar-refractivity contribution in [2.75, 3.05) is 0 Å². The molecule has 5 heteroatoms. The minimum absolute atomic E-state index is 0.0738. The molecule has 0 radical (unpaired) electrons. The van der Waals surface area contributed by atoms with Gasteiger partial charge in [-0.05, 0) is 44.2 Å². The Balaban J connectivity index is 1.83. The Morgan fingerprint density at radius 3 is 2.17 bits per heavy atom. The molecule has 1 saturated carbocycles. The molecule has 0 spiro atoms. The summed E-state index contributed by atoms with van der Waals surface area (Å²) in [7, 11) is 0. The molecule has 0 saturated heterocycles. The van der Waals surface area contributed by atoms with Crippen LogP contribution in [0.15, 0.2) is 60.3 Å². The molecule has 4 rings (SSSR count). The summed E-state index contributed by atoms with van der Waals surface area (Å²) in [6.45, 7) is 3.27. The van der Waals surface area contributed by atoms with Crippen LogP contribution in [0.1, 0.15) is 43.7 Å². The molecule has 1 aliphatic carbocycles. The molecule has 1 aromatic heterocycles. The van der Waals surface area contributed by atoms with Crippen LogP contribution in [0.5, 0.6) is 0 Å². The molecule has 29 heavy (non-hydrogen) atoms. The highest BCUT2D eigenvalue weighted by atomic mass is 32.1. The van der Waals surface area contributed by atoms with E-state index in [0.29, 0.717) is 16.3 Å². The lowest BCUT2D eigenvalue weighted by Gasteiger charge is -2.38. The van der Waals surface area contributed by atoms with Crippen LogP contribution in [0.2, 0.25) is 0 Å². The average Bonchev–Trinajstić information content (AvgIpc) is 3.11. The predicted octanol–water partition coefficient (Wildman–Crippen LogP) is 5.09. The number of Topliss-reactive ketones (excluding diaryl/α,β-unsaturated/α-hetero) is 1. The summed E-state index contributed by atoms with van der Waals surface area (Å²) in [6, 6.07) is 18.5. The maximum atomic E-state index is 12.2. The first-order chi connectivity index (χ1) is 13.9. The highest BCUT2D eigenvalue weighted by molar-refractivity contribution is 7.17. The zero-order chi connectivity index (χ0) is 20.6. The van der Waals surface area contributed by atoms with Gasteiger partial charge in [-0.1, -0.05) is 54.6 Å². The molecular formula is C24H25N3OS. The van der Waals surface area contributed by atoms with Crippen molar-refractivity contribution in [2.45, 2.75) is 38.6 Å². The van der Waals surface area contributed by atoms with Crippen molar-refractivity contribution in [1.82, 2.24) is 4.98 Å². The van der Waals surface area contributed by atoms with E-state index in [1.54, 1.807) is 6.92 Å². The Hall–Kier alpha value is -2.76. The Morgan fingerprint density at radius 1 is 1.00 bits per heavy atom. The number of aromatic nitrogens is 1. The van der Waals surface area contributed by atoms with Gasteiger partial charge in [-0.15, -0.1) is 11.3 Å². The fourth-order valence-corrected chi connectivity index (χ4v) is 5.06. The SMILES string of the molecule is CC(=O)C(=C(C)N)c1nc(-c2ccc(C3(N)CCC3)cc2)c(-c2ccccc2)s1. The Bertz CT molecular complexity index is 1070. The van der Waals surface area contributed by atoms with Gasteiger partial charge in [-0.2, -0.15) is 0 Å². The van der Waals surface area contributed by atoms with E-state index in [2.05, 4.69) is 36.4 Å². The number of ketones is 1. The number of rotatable bonds is 5. The van der Waals surface area contributed by atoms with Crippen molar-refractivity contribution in [3.63, 3.8) is 0 Å². The minimum atomic E-state index is -0.185. The molecule has 0 unspecified atom stereocenters. The van der Waals surface area contributed by atoms with Gasteiger partial charge in [0.05, 0.1) is 16.1 Å². The highest BCUT2D eigenvalue weighted by Gasteiger charge is 2.34. The second-order valence-electron chi connectivity index (χ2n) is 7.76. The van der Waals surface area contributed by atoms with Gasteiger partial charge >= 0.3 is 0 Å². The van der Waals surface area contributed by atoms with Crippen LogP contribution < -0.4 is 11.5 Å². The molecule has 2 aromatic carbocycles. The van der Waals surface area contributed by atoms with Crippen molar-refractivity contribution in [3.8, 4) is 21.7 Å². The van der Waals surface area contributed by atoms with Crippen molar-refractivity contribution in [3.05, 3.63) is 70.9 Å². The smallest absolute Gasteiger partial charge is 0.164 e. The third-order valence-electron chi connectivity index (χ3n) is 5.60. The average molecular weight is 404 g/mol. The second kappa shape index (κ2) is 7.58. The van der Waals surface area contributed by atoms with Gasteiger partial charge in [-0.3, -0.25) is 4.79 Å². The van der Waals surface area contributed by atoms with Crippen LogP contribution in [0.4, 0.5) is 0 Å². The van der Waals surface area contributed by atoms with E-state index in [-0.39, 0.29) is 11.3 Å². The van der Waals surface area contributed by atoms with Gasteiger partial charge in [0.1, 0.15) is 5.01 Å². The van der Waals surface area contributed by atoms with E-state index < -0.39 is 0 Å². The van der Waals surface area contributed by atoms with E-state index in [4.69, 9.17) is 16.5 Å². The Labute approximate surface area is 175 Å². The summed E-state index contributed by atoms with van der Waals surface area (Å²) in [5.74, 6) is -0.0738. The summed E-state index contributed by atoms with van der Waals surface area (Å²) in [4.78, 5) is 18.1. The lowest BCUT2D eigenvalue weighted by Crippen LogP contribution is -2.43. The highest BCUT2D eigenvalue weighted by Crippen LogP contribution is 2.42. The monoisotopic (exact) mass is 403 g/mol. The van der Waals surface area contributed by atoms with Crippen LogP contribution in [-0.2, 0) is 10.3 Å². The number of allylic oxidation sites excluding steroid dienone is 2. The molecule has 1 aliphatic rings. The fourth-order valence-electron chi connectivity index (χ4n) is 3.81. The molecular weight excluding hydrogens is 378 g/mol. The van der Waals surface area contributed by atoms with Gasteiger partial charge in [0.15, 0.2) is 5.78 Å². The number of carbonyl (C=O) groups is 1. The van der Waals surface area contributed by atoms with Gasteiger partial charge in [0, 0.05) is 16.8 Å². The van der Waals surface area contributed by atoms with Gasteiger partial charge in [0.25, 0.3) is 0 Å². The maximum Gasteiger partial charge on any atom is 0.164 e. The summed E-state index contributed by atoms with van der Waals surface area (Å²) in [5, 5.41) is 0.657. The number of thiazole rings is 1. The molecule has 0 bridgehead atoms. The summed E-state index contributed by atoms with van der Waals surface area (Å²) in [5.41, 5.74) is 17.4. The van der Waals surface area contributed by atoms with Crippen molar-refractivity contribution in [2.24, 2.45) is 11.5 Å². The zero-order valence-electron chi connectivity index (χ0n) is 16.7. The minimum Gasteiger partial charge on any atom is -0.402 e. The van der Waals surface area contributed by atoms with Crippen molar-refractivity contribution < 1.29 is 4.79 Å². The molecule has 3 aromatic rings. The lowest BCUT2D eigenvalue weighted by atomic mass is 9.72. The second-order valence-corrected chi connectivity index (χ2v) is 8.76. The summed E-state index contributed by atoms with van der Waals surface area (Å²) >= 11 is 1.50. The number of nitrogens with zero attached hydrogens (tertiary/aromatic N) is 1. The van der Waals surface area contributed by atoms with E-state index in [9.17, 15) is 4.79 Å². The number of carbonyl (C=O) groups excluding carboxylic acids is 1. The summed E-state index contributed by atoms with van der Waals surface area (Å²) in [6.07, 6.45) is 3.25. The first-order valence-electron chi connectivity index (χ1n) is 9.83. The zero-order valence-corrected chi connectivity index (χ0v) is 17.6.